The van der Waals surface area contributed by atoms with Gasteiger partial charge in [0.2, 0.25) is 0 Å². The largest absolute Gasteiger partial charge is 0.469 e. The molecule has 0 fully saturated rings. The van der Waals surface area contributed by atoms with Crippen molar-refractivity contribution in [1.29, 1.82) is 0 Å². The number of nitrogens with zero attached hydrogens (tertiary/aromatic N) is 3. The molecule has 22 heavy (non-hydrogen) atoms. The first-order valence-corrected chi connectivity index (χ1v) is 7.73. The van der Waals surface area contributed by atoms with Crippen LogP contribution in [-0.4, -0.2) is 27.8 Å². The van der Waals surface area contributed by atoms with E-state index >= 15 is 0 Å². The maximum Gasteiger partial charge on any atom is 0.313 e. The van der Waals surface area contributed by atoms with E-state index in [9.17, 15) is 4.79 Å². The summed E-state index contributed by atoms with van der Waals surface area (Å²) in [5.41, 5.74) is 3.77. The first kappa shape index (κ1) is 14.8. The van der Waals surface area contributed by atoms with E-state index in [1.54, 1.807) is 4.68 Å². The molecule has 3 rings (SSSR count). The molecule has 0 amide bonds. The van der Waals surface area contributed by atoms with E-state index in [-0.39, 0.29) is 18.3 Å². The molecule has 2 aromatic rings. The number of aromatic nitrogens is 3. The molecular weight excluding hydrogens is 278 g/mol. The van der Waals surface area contributed by atoms with Crippen LogP contribution < -0.4 is 0 Å². The van der Waals surface area contributed by atoms with Crippen LogP contribution >= 0.6 is 0 Å². The van der Waals surface area contributed by atoms with Crippen molar-refractivity contribution in [2.75, 3.05) is 7.11 Å². The van der Waals surface area contributed by atoms with Gasteiger partial charge in [-0.25, -0.2) is 9.67 Å². The normalized spacial score (nSPS) is 13.5. The molecule has 0 radical (unpaired) electrons. The quantitative estimate of drug-likeness (QED) is 0.814. The Hall–Kier alpha value is -2.17. The van der Waals surface area contributed by atoms with Gasteiger partial charge in [-0.1, -0.05) is 19.9 Å². The standard InChI is InChI=1S/C17H21N3O2/c1-11(2)17-18-15(10-16(21)22-3)20(19-17)14-8-7-12-5-4-6-13(12)9-14/h7-9,11H,4-6,10H2,1-3H3. The van der Waals surface area contributed by atoms with E-state index in [2.05, 4.69) is 28.3 Å². The van der Waals surface area contributed by atoms with Gasteiger partial charge in [-0.2, -0.15) is 5.10 Å². The smallest absolute Gasteiger partial charge is 0.313 e. The average molecular weight is 299 g/mol. The van der Waals surface area contributed by atoms with E-state index in [1.165, 1.54) is 24.7 Å². The highest BCUT2D eigenvalue weighted by Crippen LogP contribution is 2.25. The summed E-state index contributed by atoms with van der Waals surface area (Å²) < 4.78 is 6.55. The summed E-state index contributed by atoms with van der Waals surface area (Å²) >= 11 is 0. The number of methoxy groups -OCH3 is 1. The van der Waals surface area contributed by atoms with Crippen LogP contribution in [0.5, 0.6) is 0 Å². The van der Waals surface area contributed by atoms with Crippen molar-refractivity contribution < 1.29 is 9.53 Å². The van der Waals surface area contributed by atoms with Crippen LogP contribution in [0.1, 0.15) is 49.0 Å². The van der Waals surface area contributed by atoms with Crippen molar-refractivity contribution in [1.82, 2.24) is 14.8 Å². The number of esters is 1. The number of benzene rings is 1. The summed E-state index contributed by atoms with van der Waals surface area (Å²) in [6, 6.07) is 6.39. The van der Waals surface area contributed by atoms with Gasteiger partial charge >= 0.3 is 5.97 Å². The molecule has 116 valence electrons. The molecule has 0 atom stereocenters. The minimum atomic E-state index is -0.301. The highest BCUT2D eigenvalue weighted by atomic mass is 16.5. The second-order valence-corrected chi connectivity index (χ2v) is 6.01. The number of aryl methyl sites for hydroxylation is 2. The number of carbonyl (C=O) groups is 1. The minimum Gasteiger partial charge on any atom is -0.469 e. The Balaban J connectivity index is 2.02. The van der Waals surface area contributed by atoms with E-state index < -0.39 is 0 Å². The first-order chi connectivity index (χ1) is 10.6. The highest BCUT2D eigenvalue weighted by Gasteiger charge is 2.18. The van der Waals surface area contributed by atoms with Crippen molar-refractivity contribution in [3.05, 3.63) is 41.0 Å². The summed E-state index contributed by atoms with van der Waals surface area (Å²) in [5.74, 6) is 1.30. The lowest BCUT2D eigenvalue weighted by molar-refractivity contribution is -0.139. The van der Waals surface area contributed by atoms with Gasteiger partial charge in [0.05, 0.1) is 12.8 Å². The SMILES string of the molecule is COC(=O)Cc1nc(C(C)C)nn1-c1ccc2c(c1)CCC2. The maximum absolute atomic E-state index is 11.6. The Bertz CT molecular complexity index is 704. The van der Waals surface area contributed by atoms with Crippen LogP contribution in [0.3, 0.4) is 0 Å². The Morgan fingerprint density at radius 1 is 1.32 bits per heavy atom. The van der Waals surface area contributed by atoms with Crippen molar-refractivity contribution in [2.45, 2.75) is 45.4 Å². The van der Waals surface area contributed by atoms with Crippen molar-refractivity contribution >= 4 is 5.97 Å². The maximum atomic E-state index is 11.6. The van der Waals surface area contributed by atoms with E-state index in [0.717, 1.165) is 24.4 Å². The summed E-state index contributed by atoms with van der Waals surface area (Å²) in [7, 11) is 1.39. The summed E-state index contributed by atoms with van der Waals surface area (Å²) in [4.78, 5) is 16.1. The zero-order chi connectivity index (χ0) is 15.7. The molecule has 0 bridgehead atoms. The van der Waals surface area contributed by atoms with Gasteiger partial charge in [0.15, 0.2) is 5.82 Å². The molecule has 0 saturated heterocycles. The molecule has 0 spiro atoms. The zero-order valence-corrected chi connectivity index (χ0v) is 13.3. The van der Waals surface area contributed by atoms with Gasteiger partial charge in [0.25, 0.3) is 0 Å². The van der Waals surface area contributed by atoms with Crippen LogP contribution in [0.25, 0.3) is 5.69 Å². The van der Waals surface area contributed by atoms with Crippen molar-refractivity contribution in [2.24, 2.45) is 0 Å². The third-order valence-electron chi connectivity index (χ3n) is 4.06. The molecule has 1 aromatic heterocycles. The third kappa shape index (κ3) is 2.75. The topological polar surface area (TPSA) is 57.0 Å². The number of carbonyl (C=O) groups excluding carboxylic acids is 1. The summed E-state index contributed by atoms with van der Waals surface area (Å²) in [5, 5.41) is 4.59. The molecule has 0 unspecified atom stereocenters. The molecule has 1 aliphatic rings. The van der Waals surface area contributed by atoms with Crippen molar-refractivity contribution in [3.8, 4) is 5.69 Å². The average Bonchev–Trinajstić information content (AvgIpc) is 3.12. The fraction of sp³-hybridized carbons (Fsp3) is 0.471. The predicted molar refractivity (Wildman–Crippen MR) is 83.2 cm³/mol. The first-order valence-electron chi connectivity index (χ1n) is 7.73. The fourth-order valence-electron chi connectivity index (χ4n) is 2.82. The van der Waals surface area contributed by atoms with E-state index in [1.807, 2.05) is 13.8 Å². The lowest BCUT2D eigenvalue weighted by atomic mass is 10.1. The molecule has 5 nitrogen and oxygen atoms in total. The monoisotopic (exact) mass is 299 g/mol. The second-order valence-electron chi connectivity index (χ2n) is 6.01. The number of ether oxygens (including phenoxy) is 1. The molecule has 0 aliphatic heterocycles. The molecule has 0 N–H and O–H groups in total. The molecule has 1 aromatic carbocycles. The Morgan fingerprint density at radius 3 is 2.82 bits per heavy atom. The number of fused-ring (bicyclic) bond motifs is 1. The molecular formula is C17H21N3O2. The summed E-state index contributed by atoms with van der Waals surface area (Å²) in [6.07, 6.45) is 3.61. The Morgan fingerprint density at radius 2 is 2.09 bits per heavy atom. The number of hydrogen-bond donors (Lipinski definition) is 0. The Kier molecular flexibility index (Phi) is 3.96. The van der Waals surface area contributed by atoms with Gasteiger partial charge in [-0.05, 0) is 42.5 Å². The predicted octanol–water partition coefficient (Wildman–Crippen LogP) is 2.59. The molecule has 5 heteroatoms. The van der Waals surface area contributed by atoms with Gasteiger partial charge in [0.1, 0.15) is 12.2 Å². The van der Waals surface area contributed by atoms with E-state index in [0.29, 0.717) is 5.82 Å². The zero-order valence-electron chi connectivity index (χ0n) is 13.3. The van der Waals surface area contributed by atoms with Crippen molar-refractivity contribution in [3.63, 3.8) is 0 Å². The molecule has 0 saturated carbocycles. The van der Waals surface area contributed by atoms with Gasteiger partial charge in [0, 0.05) is 5.92 Å². The third-order valence-corrected chi connectivity index (χ3v) is 4.06. The second kappa shape index (κ2) is 5.91. The van der Waals surface area contributed by atoms with Gasteiger partial charge in [-0.15, -0.1) is 0 Å². The van der Waals surface area contributed by atoms with Gasteiger partial charge in [-0.3, -0.25) is 4.79 Å². The number of rotatable bonds is 4. The number of hydrogen-bond acceptors (Lipinski definition) is 4. The van der Waals surface area contributed by atoms with Crippen LogP contribution in [0.15, 0.2) is 18.2 Å². The van der Waals surface area contributed by atoms with E-state index in [4.69, 9.17) is 4.74 Å². The lowest BCUT2D eigenvalue weighted by Gasteiger charge is -2.07. The van der Waals surface area contributed by atoms with Crippen LogP contribution in [0.4, 0.5) is 0 Å². The lowest BCUT2D eigenvalue weighted by Crippen LogP contribution is -2.11. The summed E-state index contributed by atoms with van der Waals surface area (Å²) in [6.45, 7) is 4.09. The van der Waals surface area contributed by atoms with Gasteiger partial charge < -0.3 is 4.74 Å². The van der Waals surface area contributed by atoms with Crippen LogP contribution in [0.2, 0.25) is 0 Å². The Labute approximate surface area is 130 Å². The minimum absolute atomic E-state index is 0.132. The molecule has 1 heterocycles. The van der Waals surface area contributed by atoms with Crippen LogP contribution in [-0.2, 0) is 28.8 Å². The highest BCUT2D eigenvalue weighted by molar-refractivity contribution is 5.71. The van der Waals surface area contributed by atoms with Crippen LogP contribution in [0, 0.1) is 0 Å². The molecule has 1 aliphatic carbocycles. The fourth-order valence-corrected chi connectivity index (χ4v) is 2.82.